The van der Waals surface area contributed by atoms with Gasteiger partial charge in [-0.3, -0.25) is 0 Å². The minimum absolute atomic E-state index is 0.437. The fraction of sp³-hybridized carbons (Fsp3) is 1.00. The fourth-order valence-electron chi connectivity index (χ4n) is 4.10. The average Bonchev–Trinajstić information content (AvgIpc) is 2.58. The van der Waals surface area contributed by atoms with Gasteiger partial charge in [-0.2, -0.15) is 0 Å². The second-order valence-corrected chi connectivity index (χ2v) is 16.8. The lowest BCUT2D eigenvalue weighted by Crippen LogP contribution is -2.59. The Kier molecular flexibility index (Phi) is 11.2. The van der Waals surface area contributed by atoms with Gasteiger partial charge in [-0.25, -0.2) is 0 Å². The third-order valence-corrected chi connectivity index (χ3v) is 14.6. The van der Waals surface area contributed by atoms with E-state index in [-0.39, 0.29) is 0 Å². The second-order valence-electron chi connectivity index (χ2n) is 9.48. The molecule has 0 aromatic rings. The van der Waals surface area contributed by atoms with Crippen molar-refractivity contribution in [2.24, 2.45) is 0 Å². The molecule has 0 aromatic carbocycles. The summed E-state index contributed by atoms with van der Waals surface area (Å²) in [4.78, 5) is 0. The molecule has 0 aliphatic heterocycles. The van der Waals surface area contributed by atoms with Crippen LogP contribution in [0.2, 0.25) is 24.2 Å². The van der Waals surface area contributed by atoms with Gasteiger partial charge in [0.15, 0.2) is 0 Å². The molecule has 0 N–H and O–H groups in total. The number of unbranched alkanes of at least 4 members (excludes halogenated alkanes) is 2. The first kappa shape index (κ1) is 24.4. The van der Waals surface area contributed by atoms with Crippen molar-refractivity contribution in [1.82, 2.24) is 4.57 Å². The van der Waals surface area contributed by atoms with Gasteiger partial charge in [-0.1, -0.05) is 66.0 Å². The third-order valence-electron chi connectivity index (χ3n) is 6.61. The van der Waals surface area contributed by atoms with Crippen molar-refractivity contribution in [3.8, 4) is 0 Å². The molecule has 0 unspecified atom stereocenters. The SMILES string of the molecule is CCO[SiH](CCCCCN(C1CCCCC1)[Si](C)(C)C(C)(C)C)OCC. The first-order valence-electron chi connectivity index (χ1n) is 11.2. The van der Waals surface area contributed by atoms with Crippen molar-refractivity contribution < 1.29 is 8.85 Å². The summed E-state index contributed by atoms with van der Waals surface area (Å²) in [6.45, 7) is 19.7. The van der Waals surface area contributed by atoms with E-state index in [4.69, 9.17) is 8.85 Å². The quantitative estimate of drug-likeness (QED) is 0.292. The summed E-state index contributed by atoms with van der Waals surface area (Å²) in [5.41, 5.74) is 0. The molecule has 26 heavy (non-hydrogen) atoms. The summed E-state index contributed by atoms with van der Waals surface area (Å²) in [6.07, 6.45) is 11.1. The number of rotatable bonds is 12. The van der Waals surface area contributed by atoms with Crippen molar-refractivity contribution in [2.75, 3.05) is 19.8 Å². The highest BCUT2D eigenvalue weighted by Gasteiger charge is 2.43. The smallest absolute Gasteiger partial charge is 0.321 e. The highest BCUT2D eigenvalue weighted by atomic mass is 28.3. The van der Waals surface area contributed by atoms with Crippen LogP contribution in [0.25, 0.3) is 0 Å². The van der Waals surface area contributed by atoms with E-state index in [2.05, 4.69) is 52.3 Å². The van der Waals surface area contributed by atoms with Gasteiger partial charge in [0.1, 0.15) is 8.24 Å². The Morgan fingerprint density at radius 2 is 1.50 bits per heavy atom. The zero-order valence-electron chi connectivity index (χ0n) is 18.9. The lowest BCUT2D eigenvalue weighted by atomic mass is 9.95. The van der Waals surface area contributed by atoms with Crippen LogP contribution >= 0.6 is 0 Å². The molecule has 1 rings (SSSR count). The Labute approximate surface area is 167 Å². The molecule has 1 saturated carbocycles. The van der Waals surface area contributed by atoms with Crippen molar-refractivity contribution >= 4 is 17.5 Å². The van der Waals surface area contributed by atoms with Crippen LogP contribution in [-0.4, -0.2) is 47.9 Å². The van der Waals surface area contributed by atoms with E-state index in [9.17, 15) is 0 Å². The minimum Gasteiger partial charge on any atom is -0.397 e. The van der Waals surface area contributed by atoms with Crippen LogP contribution in [-0.2, 0) is 8.85 Å². The van der Waals surface area contributed by atoms with Crippen molar-refractivity contribution in [3.05, 3.63) is 0 Å². The first-order valence-corrected chi connectivity index (χ1v) is 15.9. The van der Waals surface area contributed by atoms with E-state index in [0.717, 1.165) is 19.3 Å². The van der Waals surface area contributed by atoms with Gasteiger partial charge in [-0.05, 0) is 50.7 Å². The van der Waals surface area contributed by atoms with Gasteiger partial charge in [0.25, 0.3) is 0 Å². The number of hydrogen-bond donors (Lipinski definition) is 0. The standard InChI is InChI=1S/C21H47NO2Si2/c1-8-23-25(24-9-2)19-15-11-14-18-22(20-16-12-10-13-17-20)26(6,7)21(3,4)5/h20,25H,8-19H2,1-7H3. The summed E-state index contributed by atoms with van der Waals surface area (Å²) in [7, 11) is -2.83. The summed E-state index contributed by atoms with van der Waals surface area (Å²) in [6, 6.07) is 2.02. The highest BCUT2D eigenvalue weighted by Crippen LogP contribution is 2.41. The molecule has 0 bridgehead atoms. The molecule has 1 aliphatic rings. The largest absolute Gasteiger partial charge is 0.397 e. The maximum Gasteiger partial charge on any atom is 0.321 e. The molecule has 156 valence electrons. The van der Waals surface area contributed by atoms with E-state index in [1.807, 2.05) is 0 Å². The summed E-state index contributed by atoms with van der Waals surface area (Å²) in [5.74, 6) is 0. The van der Waals surface area contributed by atoms with Crippen molar-refractivity contribution in [3.63, 3.8) is 0 Å². The van der Waals surface area contributed by atoms with Crippen molar-refractivity contribution in [1.29, 1.82) is 0 Å². The lowest BCUT2D eigenvalue weighted by Gasteiger charge is -2.50. The van der Waals surface area contributed by atoms with Crippen LogP contribution in [0.1, 0.15) is 86.0 Å². The molecule has 1 fully saturated rings. The summed E-state index contributed by atoms with van der Waals surface area (Å²) < 4.78 is 14.6. The minimum atomic E-state index is -1.44. The average molecular weight is 402 g/mol. The normalized spacial score (nSPS) is 17.4. The first-order chi connectivity index (χ1) is 12.2. The highest BCUT2D eigenvalue weighted by molar-refractivity contribution is 6.77. The van der Waals surface area contributed by atoms with Crippen LogP contribution in [0.3, 0.4) is 0 Å². The summed E-state index contributed by atoms with van der Waals surface area (Å²) >= 11 is 0. The number of nitrogens with zero attached hydrogens (tertiary/aromatic N) is 1. The van der Waals surface area contributed by atoms with Gasteiger partial charge in [-0.15, -0.1) is 0 Å². The lowest BCUT2D eigenvalue weighted by molar-refractivity contribution is 0.211. The van der Waals surface area contributed by atoms with E-state index >= 15 is 0 Å². The van der Waals surface area contributed by atoms with Crippen molar-refractivity contribution in [2.45, 2.75) is 116 Å². The molecule has 3 nitrogen and oxygen atoms in total. The molecule has 0 spiro atoms. The zero-order chi connectivity index (χ0) is 19.6. The van der Waals surface area contributed by atoms with Crippen LogP contribution < -0.4 is 0 Å². The Bertz CT molecular complexity index is 360. The molecule has 5 heteroatoms. The summed E-state index contributed by atoms with van der Waals surface area (Å²) in [5, 5.41) is 0.437. The Balaban J connectivity index is 2.53. The molecule has 0 atom stereocenters. The fourth-order valence-corrected chi connectivity index (χ4v) is 8.64. The van der Waals surface area contributed by atoms with Crippen LogP contribution in [0.15, 0.2) is 0 Å². The van der Waals surface area contributed by atoms with E-state index in [0.29, 0.717) is 5.04 Å². The second kappa shape index (κ2) is 12.0. The van der Waals surface area contributed by atoms with Gasteiger partial charge in [0.05, 0.1) is 0 Å². The Hall–Kier alpha value is 0.314. The molecule has 0 amide bonds. The van der Waals surface area contributed by atoms with Crippen LogP contribution in [0.4, 0.5) is 0 Å². The maximum atomic E-state index is 5.82. The third kappa shape index (κ3) is 7.74. The molecule has 0 radical (unpaired) electrons. The van der Waals surface area contributed by atoms with E-state index in [1.165, 1.54) is 64.0 Å². The molecular formula is C21H47NO2Si2. The maximum absolute atomic E-state index is 5.82. The Morgan fingerprint density at radius 3 is 2.00 bits per heavy atom. The van der Waals surface area contributed by atoms with Crippen LogP contribution in [0, 0.1) is 0 Å². The Morgan fingerprint density at radius 1 is 0.923 bits per heavy atom. The predicted molar refractivity (Wildman–Crippen MR) is 120 cm³/mol. The van der Waals surface area contributed by atoms with Gasteiger partial charge < -0.3 is 13.4 Å². The molecule has 0 saturated heterocycles. The molecule has 0 aromatic heterocycles. The van der Waals surface area contributed by atoms with Crippen LogP contribution in [0.5, 0.6) is 0 Å². The molecule has 1 aliphatic carbocycles. The van der Waals surface area contributed by atoms with Gasteiger partial charge in [0, 0.05) is 19.3 Å². The predicted octanol–water partition coefficient (Wildman–Crippen LogP) is 6.09. The monoisotopic (exact) mass is 401 g/mol. The van der Waals surface area contributed by atoms with E-state index in [1.54, 1.807) is 0 Å². The topological polar surface area (TPSA) is 21.7 Å². The van der Waals surface area contributed by atoms with E-state index < -0.39 is 17.5 Å². The molecule has 0 heterocycles. The molecular weight excluding hydrogens is 354 g/mol. The van der Waals surface area contributed by atoms with Gasteiger partial charge in [0.2, 0.25) is 0 Å². The van der Waals surface area contributed by atoms with Gasteiger partial charge >= 0.3 is 9.28 Å². The zero-order valence-corrected chi connectivity index (χ0v) is 21.1. The number of hydrogen-bond acceptors (Lipinski definition) is 3.